The molecule has 0 saturated heterocycles. The highest BCUT2D eigenvalue weighted by atomic mass is 16.3. The first-order chi connectivity index (χ1) is 6.08. The summed E-state index contributed by atoms with van der Waals surface area (Å²) in [6.45, 7) is 6.81. The van der Waals surface area contributed by atoms with Gasteiger partial charge in [-0.15, -0.1) is 0 Å². The first-order valence-electron chi connectivity index (χ1n) is 5.50. The third-order valence-corrected chi connectivity index (χ3v) is 2.84. The third kappa shape index (κ3) is 4.63. The van der Waals surface area contributed by atoms with E-state index in [0.29, 0.717) is 6.54 Å². The quantitative estimate of drug-likeness (QED) is 0.642. The van der Waals surface area contributed by atoms with Crippen molar-refractivity contribution in [2.45, 2.75) is 58.5 Å². The van der Waals surface area contributed by atoms with Crippen molar-refractivity contribution >= 4 is 0 Å². The topological polar surface area (TPSA) is 46.2 Å². The summed E-state index contributed by atoms with van der Waals surface area (Å²) in [5, 5.41) is 10.2. The van der Waals surface area contributed by atoms with Gasteiger partial charge < -0.3 is 10.8 Å². The lowest BCUT2D eigenvalue weighted by Crippen LogP contribution is -2.39. The van der Waals surface area contributed by atoms with Crippen molar-refractivity contribution < 1.29 is 5.11 Å². The van der Waals surface area contributed by atoms with E-state index in [1.165, 1.54) is 0 Å². The second kappa shape index (κ2) is 6.39. The summed E-state index contributed by atoms with van der Waals surface area (Å²) >= 11 is 0. The lowest BCUT2D eigenvalue weighted by Gasteiger charge is -2.32. The molecule has 0 bridgehead atoms. The van der Waals surface area contributed by atoms with Crippen LogP contribution < -0.4 is 5.73 Å². The van der Waals surface area contributed by atoms with Crippen molar-refractivity contribution in [3.8, 4) is 0 Å². The van der Waals surface area contributed by atoms with E-state index in [0.717, 1.165) is 32.1 Å². The second-order valence-corrected chi connectivity index (χ2v) is 4.18. The van der Waals surface area contributed by atoms with Crippen molar-refractivity contribution in [2.24, 2.45) is 11.7 Å². The van der Waals surface area contributed by atoms with Crippen LogP contribution in [0.3, 0.4) is 0 Å². The number of nitrogens with two attached hydrogens (primary N) is 1. The molecular formula is C11H25NO. The molecular weight excluding hydrogens is 162 g/mol. The molecule has 0 heterocycles. The van der Waals surface area contributed by atoms with Gasteiger partial charge in [0.2, 0.25) is 0 Å². The maximum Gasteiger partial charge on any atom is 0.0659 e. The van der Waals surface area contributed by atoms with Crippen LogP contribution in [0.4, 0.5) is 0 Å². The van der Waals surface area contributed by atoms with Gasteiger partial charge in [-0.25, -0.2) is 0 Å². The summed E-state index contributed by atoms with van der Waals surface area (Å²) < 4.78 is 0. The van der Waals surface area contributed by atoms with Gasteiger partial charge in [-0.1, -0.05) is 33.1 Å². The van der Waals surface area contributed by atoms with Gasteiger partial charge >= 0.3 is 0 Å². The van der Waals surface area contributed by atoms with Crippen LogP contribution >= 0.6 is 0 Å². The maximum absolute atomic E-state index is 10.2. The molecule has 13 heavy (non-hydrogen) atoms. The Morgan fingerprint density at radius 3 is 2.31 bits per heavy atom. The van der Waals surface area contributed by atoms with Crippen molar-refractivity contribution in [3.63, 3.8) is 0 Å². The van der Waals surface area contributed by atoms with E-state index in [1.807, 2.05) is 6.92 Å². The zero-order valence-electron chi connectivity index (χ0n) is 9.34. The van der Waals surface area contributed by atoms with E-state index in [9.17, 15) is 5.11 Å². The standard InChI is InChI=1S/C11H25NO/c1-4-6-8-11(3,13)10(9-12)7-5-2/h10,13H,4-9,12H2,1-3H3. The first kappa shape index (κ1) is 12.9. The lowest BCUT2D eigenvalue weighted by atomic mass is 9.82. The summed E-state index contributed by atoms with van der Waals surface area (Å²) in [6, 6.07) is 0. The predicted molar refractivity (Wildman–Crippen MR) is 57.6 cm³/mol. The molecule has 0 fully saturated rings. The molecule has 0 aliphatic carbocycles. The molecule has 0 aromatic heterocycles. The molecule has 0 rings (SSSR count). The molecule has 80 valence electrons. The van der Waals surface area contributed by atoms with E-state index >= 15 is 0 Å². The SMILES string of the molecule is CCCCC(C)(O)C(CN)CCC. The molecule has 0 spiro atoms. The van der Waals surface area contributed by atoms with Crippen LogP contribution in [-0.2, 0) is 0 Å². The molecule has 3 N–H and O–H groups in total. The van der Waals surface area contributed by atoms with E-state index < -0.39 is 5.60 Å². The van der Waals surface area contributed by atoms with E-state index in [2.05, 4.69) is 13.8 Å². The van der Waals surface area contributed by atoms with Crippen molar-refractivity contribution in [1.29, 1.82) is 0 Å². The fraction of sp³-hybridized carbons (Fsp3) is 1.00. The van der Waals surface area contributed by atoms with Gasteiger partial charge in [0, 0.05) is 0 Å². The molecule has 0 saturated carbocycles. The van der Waals surface area contributed by atoms with Crippen LogP contribution in [0.5, 0.6) is 0 Å². The number of rotatable bonds is 7. The average Bonchev–Trinajstić information content (AvgIpc) is 2.10. The number of hydrogen-bond donors (Lipinski definition) is 2. The Kier molecular flexibility index (Phi) is 6.35. The Hall–Kier alpha value is -0.0800. The second-order valence-electron chi connectivity index (χ2n) is 4.18. The molecule has 2 unspecified atom stereocenters. The van der Waals surface area contributed by atoms with Crippen LogP contribution in [-0.4, -0.2) is 17.3 Å². The van der Waals surface area contributed by atoms with Crippen molar-refractivity contribution in [3.05, 3.63) is 0 Å². The van der Waals surface area contributed by atoms with Gasteiger partial charge in [0.25, 0.3) is 0 Å². The fourth-order valence-corrected chi connectivity index (χ4v) is 1.77. The molecule has 2 atom stereocenters. The molecule has 0 aliphatic heterocycles. The minimum atomic E-state index is -0.555. The molecule has 0 aliphatic rings. The van der Waals surface area contributed by atoms with Crippen LogP contribution in [0.15, 0.2) is 0 Å². The zero-order chi connectivity index (χ0) is 10.3. The summed E-state index contributed by atoms with van der Waals surface area (Å²) in [5.41, 5.74) is 5.10. The zero-order valence-corrected chi connectivity index (χ0v) is 9.34. The molecule has 0 radical (unpaired) electrons. The van der Waals surface area contributed by atoms with Crippen molar-refractivity contribution in [2.75, 3.05) is 6.54 Å². The largest absolute Gasteiger partial charge is 0.390 e. The Bertz CT molecular complexity index is 123. The average molecular weight is 187 g/mol. The summed E-state index contributed by atoms with van der Waals surface area (Å²) in [6.07, 6.45) is 5.25. The molecule has 0 aromatic carbocycles. The lowest BCUT2D eigenvalue weighted by molar-refractivity contribution is -0.0108. The number of hydrogen-bond acceptors (Lipinski definition) is 2. The fourth-order valence-electron chi connectivity index (χ4n) is 1.77. The monoisotopic (exact) mass is 187 g/mol. The van der Waals surface area contributed by atoms with Gasteiger partial charge in [0.05, 0.1) is 5.60 Å². The highest BCUT2D eigenvalue weighted by molar-refractivity contribution is 4.82. The Balaban J connectivity index is 4.03. The summed E-state index contributed by atoms with van der Waals surface area (Å²) in [5.74, 6) is 0.268. The van der Waals surface area contributed by atoms with Gasteiger partial charge in [0.1, 0.15) is 0 Å². The molecule has 2 heteroatoms. The third-order valence-electron chi connectivity index (χ3n) is 2.84. The van der Waals surface area contributed by atoms with E-state index in [4.69, 9.17) is 5.73 Å². The predicted octanol–water partition coefficient (Wildman–Crippen LogP) is 2.30. The highest BCUT2D eigenvalue weighted by Gasteiger charge is 2.28. The molecule has 2 nitrogen and oxygen atoms in total. The van der Waals surface area contributed by atoms with Crippen molar-refractivity contribution in [1.82, 2.24) is 0 Å². The van der Waals surface area contributed by atoms with Crippen LogP contribution in [0.2, 0.25) is 0 Å². The van der Waals surface area contributed by atoms with Gasteiger partial charge in [-0.3, -0.25) is 0 Å². The van der Waals surface area contributed by atoms with E-state index in [1.54, 1.807) is 0 Å². The molecule has 0 aromatic rings. The smallest absolute Gasteiger partial charge is 0.0659 e. The normalized spacial score (nSPS) is 18.2. The Morgan fingerprint density at radius 2 is 1.92 bits per heavy atom. The van der Waals surface area contributed by atoms with Crippen LogP contribution in [0, 0.1) is 5.92 Å². The molecule has 0 amide bonds. The van der Waals surface area contributed by atoms with Gasteiger partial charge in [0.15, 0.2) is 0 Å². The number of aliphatic hydroxyl groups is 1. The first-order valence-corrected chi connectivity index (χ1v) is 5.50. The Morgan fingerprint density at radius 1 is 1.31 bits per heavy atom. The van der Waals surface area contributed by atoms with E-state index in [-0.39, 0.29) is 5.92 Å². The summed E-state index contributed by atoms with van der Waals surface area (Å²) in [4.78, 5) is 0. The van der Waals surface area contributed by atoms with Crippen LogP contribution in [0.25, 0.3) is 0 Å². The number of unbranched alkanes of at least 4 members (excludes halogenated alkanes) is 1. The summed E-state index contributed by atoms with van der Waals surface area (Å²) in [7, 11) is 0. The highest BCUT2D eigenvalue weighted by Crippen LogP contribution is 2.26. The van der Waals surface area contributed by atoms with Gasteiger partial charge in [-0.05, 0) is 32.2 Å². The Labute approximate surface area is 82.5 Å². The minimum absolute atomic E-state index is 0.268. The minimum Gasteiger partial charge on any atom is -0.390 e. The van der Waals surface area contributed by atoms with Gasteiger partial charge in [-0.2, -0.15) is 0 Å². The maximum atomic E-state index is 10.2. The van der Waals surface area contributed by atoms with Crippen LogP contribution in [0.1, 0.15) is 52.9 Å².